The van der Waals surface area contributed by atoms with Crippen molar-refractivity contribution in [3.05, 3.63) is 35.9 Å². The molecule has 1 unspecified atom stereocenters. The predicted molar refractivity (Wildman–Crippen MR) is 59.4 cm³/mol. The van der Waals surface area contributed by atoms with Crippen LogP contribution in [0.1, 0.15) is 10.9 Å². The van der Waals surface area contributed by atoms with Crippen LogP contribution in [-0.2, 0) is 9.53 Å². The lowest BCUT2D eigenvalue weighted by Crippen LogP contribution is -3.00. The Morgan fingerprint density at radius 3 is 2.75 bits per heavy atom. The van der Waals surface area contributed by atoms with Crippen molar-refractivity contribution in [2.45, 2.75) is 11.4 Å². The van der Waals surface area contributed by atoms with Gasteiger partial charge in [0.05, 0.1) is 12.9 Å². The maximum atomic E-state index is 11.3. The van der Waals surface area contributed by atoms with Crippen molar-refractivity contribution < 1.29 is 27.3 Å². The van der Waals surface area contributed by atoms with Crippen LogP contribution in [0.3, 0.4) is 0 Å². The number of quaternary nitrogens is 1. The van der Waals surface area contributed by atoms with Gasteiger partial charge in [-0.05, 0) is 0 Å². The molecule has 88 valence electrons. The number of hydrogen-bond donors (Lipinski definition) is 1. The lowest BCUT2D eigenvalue weighted by Gasteiger charge is -2.08. The molecular weight excluding hydrogens is 246 g/mol. The van der Waals surface area contributed by atoms with Gasteiger partial charge >= 0.3 is 5.97 Å². The van der Waals surface area contributed by atoms with E-state index in [-0.39, 0.29) is 24.4 Å². The highest BCUT2D eigenvalue weighted by molar-refractivity contribution is 7.99. The Hall–Kier alpha value is -0.710. The maximum Gasteiger partial charge on any atom is 0.365 e. The lowest BCUT2D eigenvalue weighted by molar-refractivity contribution is -0.685. The number of carbonyl (C=O) groups is 1. The molecule has 1 fully saturated rings. The highest BCUT2D eigenvalue weighted by Gasteiger charge is 2.35. The van der Waals surface area contributed by atoms with Gasteiger partial charge < -0.3 is 22.5 Å². The van der Waals surface area contributed by atoms with Gasteiger partial charge in [0.25, 0.3) is 0 Å². The largest absolute Gasteiger partial charge is 1.00 e. The van der Waals surface area contributed by atoms with Gasteiger partial charge in [0, 0.05) is 5.56 Å². The number of carbonyl (C=O) groups excluding carboxylic acids is 1. The third kappa shape index (κ3) is 2.90. The monoisotopic (exact) mass is 259 g/mol. The summed E-state index contributed by atoms with van der Waals surface area (Å²) in [6, 6.07) is 10.2. The fraction of sp³-hybridized carbons (Fsp3) is 0.364. The zero-order valence-corrected chi connectivity index (χ0v) is 10.5. The standard InChI is InChI=1S/C11H13NO2S.ClH/c1-14-11(13)9-7-15-10(12-9)8-5-3-2-4-6-8;/h2-6,9-10,12H,7H2,1H3;1H/t9-,10?;/m0./s1. The van der Waals surface area contributed by atoms with Crippen LogP contribution >= 0.6 is 11.8 Å². The molecule has 0 amide bonds. The molecule has 0 spiro atoms. The van der Waals surface area contributed by atoms with Crippen molar-refractivity contribution in [1.82, 2.24) is 0 Å². The molecule has 2 N–H and O–H groups in total. The number of rotatable bonds is 2. The molecule has 3 nitrogen and oxygen atoms in total. The summed E-state index contributed by atoms with van der Waals surface area (Å²) in [6.07, 6.45) is 0. The molecule has 1 heterocycles. The van der Waals surface area contributed by atoms with Crippen LogP contribution < -0.4 is 17.7 Å². The topological polar surface area (TPSA) is 42.9 Å². The number of thioether (sulfide) groups is 1. The summed E-state index contributed by atoms with van der Waals surface area (Å²) in [6.45, 7) is 0. The third-order valence-corrected chi connectivity index (χ3v) is 3.83. The van der Waals surface area contributed by atoms with Crippen LogP contribution in [0, 0.1) is 0 Å². The third-order valence-electron chi connectivity index (χ3n) is 2.49. The number of esters is 1. The minimum absolute atomic E-state index is 0. The van der Waals surface area contributed by atoms with E-state index < -0.39 is 0 Å². The molecule has 2 rings (SSSR count). The maximum absolute atomic E-state index is 11.3. The average Bonchev–Trinajstić information content (AvgIpc) is 2.78. The Bertz CT molecular complexity index is 347. The number of hydrogen-bond acceptors (Lipinski definition) is 3. The molecular formula is C11H14ClNO2S. The molecule has 1 aromatic carbocycles. The molecule has 0 bridgehead atoms. The summed E-state index contributed by atoms with van der Waals surface area (Å²) < 4.78 is 4.73. The van der Waals surface area contributed by atoms with Gasteiger partial charge in [-0.3, -0.25) is 0 Å². The van der Waals surface area contributed by atoms with Crippen LogP contribution in [-0.4, -0.2) is 24.9 Å². The van der Waals surface area contributed by atoms with Crippen LogP contribution in [0.2, 0.25) is 0 Å². The molecule has 0 aliphatic carbocycles. The smallest absolute Gasteiger partial charge is 0.365 e. The van der Waals surface area contributed by atoms with Crippen LogP contribution in [0.25, 0.3) is 0 Å². The minimum Gasteiger partial charge on any atom is -1.00 e. The number of halogens is 1. The second-order valence-corrected chi connectivity index (χ2v) is 4.66. The van der Waals surface area contributed by atoms with E-state index in [4.69, 9.17) is 4.74 Å². The van der Waals surface area contributed by atoms with Gasteiger partial charge in [-0.25, -0.2) is 4.79 Å². The van der Waals surface area contributed by atoms with Gasteiger partial charge in [0.2, 0.25) is 0 Å². The van der Waals surface area contributed by atoms with E-state index in [0.29, 0.717) is 5.37 Å². The van der Waals surface area contributed by atoms with E-state index in [1.807, 2.05) is 18.2 Å². The summed E-state index contributed by atoms with van der Waals surface area (Å²) in [5.41, 5.74) is 1.26. The molecule has 0 aromatic heterocycles. The number of ether oxygens (including phenoxy) is 1. The molecule has 1 saturated heterocycles. The van der Waals surface area contributed by atoms with Crippen molar-refractivity contribution in [3.63, 3.8) is 0 Å². The molecule has 0 saturated carbocycles. The Kier molecular flexibility index (Phi) is 5.12. The van der Waals surface area contributed by atoms with Gasteiger partial charge in [-0.15, -0.1) is 0 Å². The lowest BCUT2D eigenvalue weighted by atomic mass is 10.2. The van der Waals surface area contributed by atoms with Crippen molar-refractivity contribution in [2.75, 3.05) is 12.9 Å². The Labute approximate surface area is 105 Å². The second-order valence-electron chi connectivity index (χ2n) is 3.49. The second kappa shape index (κ2) is 6.13. The van der Waals surface area contributed by atoms with E-state index in [2.05, 4.69) is 17.4 Å². The average molecular weight is 260 g/mol. The highest BCUT2D eigenvalue weighted by Crippen LogP contribution is 2.26. The predicted octanol–water partition coefficient (Wildman–Crippen LogP) is -2.46. The molecule has 16 heavy (non-hydrogen) atoms. The van der Waals surface area contributed by atoms with Crippen LogP contribution in [0.4, 0.5) is 0 Å². The summed E-state index contributed by atoms with van der Waals surface area (Å²) in [5.74, 6) is 0.701. The summed E-state index contributed by atoms with van der Waals surface area (Å²) in [5, 5.41) is 2.40. The van der Waals surface area contributed by atoms with E-state index in [1.54, 1.807) is 11.8 Å². The fourth-order valence-corrected chi connectivity index (χ4v) is 2.99. The molecule has 2 atom stereocenters. The van der Waals surface area contributed by atoms with Crippen LogP contribution in [0.5, 0.6) is 0 Å². The fourth-order valence-electron chi connectivity index (χ4n) is 1.68. The van der Waals surface area contributed by atoms with E-state index >= 15 is 0 Å². The normalized spacial score (nSPS) is 23.6. The van der Waals surface area contributed by atoms with Crippen molar-refractivity contribution in [2.24, 2.45) is 0 Å². The Morgan fingerprint density at radius 2 is 2.12 bits per heavy atom. The molecule has 1 aliphatic rings. The Balaban J connectivity index is 0.00000128. The Morgan fingerprint density at radius 1 is 1.44 bits per heavy atom. The van der Waals surface area contributed by atoms with Crippen molar-refractivity contribution >= 4 is 17.7 Å². The van der Waals surface area contributed by atoms with E-state index in [9.17, 15) is 4.79 Å². The van der Waals surface area contributed by atoms with Gasteiger partial charge in [-0.2, -0.15) is 0 Å². The van der Waals surface area contributed by atoms with E-state index in [0.717, 1.165) is 5.75 Å². The summed E-state index contributed by atoms with van der Waals surface area (Å²) in [7, 11) is 1.44. The highest BCUT2D eigenvalue weighted by atomic mass is 35.5. The summed E-state index contributed by atoms with van der Waals surface area (Å²) in [4.78, 5) is 11.3. The zero-order chi connectivity index (χ0) is 10.7. The first-order valence-electron chi connectivity index (χ1n) is 4.90. The number of nitrogens with two attached hydrogens (primary N) is 1. The summed E-state index contributed by atoms with van der Waals surface area (Å²) >= 11 is 1.79. The zero-order valence-electron chi connectivity index (χ0n) is 8.93. The molecule has 0 radical (unpaired) electrons. The van der Waals surface area contributed by atoms with Crippen molar-refractivity contribution in [3.8, 4) is 0 Å². The van der Waals surface area contributed by atoms with E-state index in [1.165, 1.54) is 12.7 Å². The first-order chi connectivity index (χ1) is 7.31. The molecule has 1 aromatic rings. The van der Waals surface area contributed by atoms with Gasteiger partial charge in [0.15, 0.2) is 11.4 Å². The van der Waals surface area contributed by atoms with Crippen molar-refractivity contribution in [1.29, 1.82) is 0 Å². The van der Waals surface area contributed by atoms with Gasteiger partial charge in [-0.1, -0.05) is 42.1 Å². The molecule has 5 heteroatoms. The first-order valence-corrected chi connectivity index (χ1v) is 5.95. The number of benzene rings is 1. The first kappa shape index (κ1) is 13.4. The van der Waals surface area contributed by atoms with Gasteiger partial charge in [0.1, 0.15) is 0 Å². The van der Waals surface area contributed by atoms with Crippen LogP contribution in [0.15, 0.2) is 30.3 Å². The number of methoxy groups -OCH3 is 1. The minimum atomic E-state index is -0.124. The molecule has 1 aliphatic heterocycles. The SMILES string of the molecule is COC(=O)[C@@H]1CSC(c2ccccc2)[NH2+]1.[Cl-]. The quantitative estimate of drug-likeness (QED) is 0.600.